The maximum Gasteiger partial charge on any atom is 0.255 e. The minimum Gasteiger partial charge on any atom is -0.338 e. The van der Waals surface area contributed by atoms with Crippen LogP contribution in [0.2, 0.25) is 0 Å². The molecule has 0 bridgehead atoms. The highest BCUT2D eigenvalue weighted by Gasteiger charge is 2.09. The fourth-order valence-corrected chi connectivity index (χ4v) is 3.35. The Morgan fingerprint density at radius 3 is 2.33 bits per heavy atom. The molecule has 5 aromatic rings. The number of H-pyrrole nitrogens is 1. The van der Waals surface area contributed by atoms with Gasteiger partial charge < -0.3 is 10.3 Å². The van der Waals surface area contributed by atoms with Gasteiger partial charge in [-0.25, -0.2) is 4.98 Å². The van der Waals surface area contributed by atoms with Crippen LogP contribution in [0.4, 0.5) is 5.69 Å². The molecule has 3 aromatic carbocycles. The molecule has 0 saturated heterocycles. The lowest BCUT2D eigenvalue weighted by molar-refractivity contribution is 0.102. The monoisotopic (exact) mass is 390 g/mol. The highest BCUT2D eigenvalue weighted by atomic mass is 16.1. The minimum atomic E-state index is -0.139. The molecule has 5 rings (SSSR count). The average Bonchev–Trinajstić information content (AvgIpc) is 3.24. The summed E-state index contributed by atoms with van der Waals surface area (Å²) in [5, 5.41) is 2.93. The second-order valence-corrected chi connectivity index (χ2v) is 6.93. The number of rotatable bonds is 4. The molecule has 144 valence electrons. The number of amides is 1. The highest BCUT2D eigenvalue weighted by molar-refractivity contribution is 6.05. The summed E-state index contributed by atoms with van der Waals surface area (Å²) in [5.74, 6) is 0.643. The topological polar surface area (TPSA) is 70.7 Å². The number of anilines is 1. The van der Waals surface area contributed by atoms with E-state index in [1.54, 1.807) is 18.3 Å². The summed E-state index contributed by atoms with van der Waals surface area (Å²) in [7, 11) is 0. The molecule has 2 heterocycles. The van der Waals surface area contributed by atoms with Crippen molar-refractivity contribution in [1.29, 1.82) is 0 Å². The smallest absolute Gasteiger partial charge is 0.255 e. The van der Waals surface area contributed by atoms with E-state index in [4.69, 9.17) is 0 Å². The Kier molecular flexibility index (Phi) is 4.54. The Labute approximate surface area is 173 Å². The van der Waals surface area contributed by atoms with Crippen molar-refractivity contribution >= 4 is 22.6 Å². The van der Waals surface area contributed by atoms with Crippen LogP contribution in [0.1, 0.15) is 10.4 Å². The number of imidazole rings is 1. The van der Waals surface area contributed by atoms with Crippen LogP contribution in [0.15, 0.2) is 97.2 Å². The summed E-state index contributed by atoms with van der Waals surface area (Å²) in [6, 6.07) is 28.8. The van der Waals surface area contributed by atoms with E-state index < -0.39 is 0 Å². The molecule has 1 amide bonds. The van der Waals surface area contributed by atoms with Crippen LogP contribution >= 0.6 is 0 Å². The number of nitrogens with zero attached hydrogens (tertiary/aromatic N) is 2. The molecule has 5 nitrogen and oxygen atoms in total. The zero-order valence-corrected chi connectivity index (χ0v) is 16.0. The number of hydrogen-bond acceptors (Lipinski definition) is 3. The molecule has 30 heavy (non-hydrogen) atoms. The number of carbonyl (C=O) groups is 1. The van der Waals surface area contributed by atoms with E-state index in [0.717, 1.165) is 39.4 Å². The van der Waals surface area contributed by atoms with Crippen LogP contribution in [0.5, 0.6) is 0 Å². The molecular weight excluding hydrogens is 372 g/mol. The first kappa shape index (κ1) is 17.8. The van der Waals surface area contributed by atoms with Gasteiger partial charge in [0.1, 0.15) is 5.82 Å². The Morgan fingerprint density at radius 2 is 1.57 bits per heavy atom. The van der Waals surface area contributed by atoms with Gasteiger partial charge in [-0.3, -0.25) is 9.78 Å². The van der Waals surface area contributed by atoms with E-state index in [-0.39, 0.29) is 5.91 Å². The number of hydrogen-bond donors (Lipinski definition) is 2. The summed E-state index contributed by atoms with van der Waals surface area (Å²) in [4.78, 5) is 24.8. The molecule has 0 spiro atoms. The van der Waals surface area contributed by atoms with Gasteiger partial charge in [0.05, 0.1) is 16.7 Å². The number of fused-ring (bicyclic) bond motifs is 1. The van der Waals surface area contributed by atoms with Crippen LogP contribution in [0.25, 0.3) is 33.7 Å². The van der Waals surface area contributed by atoms with Crippen LogP contribution in [0, 0.1) is 0 Å². The van der Waals surface area contributed by atoms with E-state index in [0.29, 0.717) is 5.56 Å². The molecule has 0 aliphatic rings. The molecule has 0 aliphatic heterocycles. The van der Waals surface area contributed by atoms with Gasteiger partial charge in [-0.1, -0.05) is 48.5 Å². The summed E-state index contributed by atoms with van der Waals surface area (Å²) >= 11 is 0. The van der Waals surface area contributed by atoms with Crippen molar-refractivity contribution in [3.63, 3.8) is 0 Å². The summed E-state index contributed by atoms with van der Waals surface area (Å²) < 4.78 is 0. The van der Waals surface area contributed by atoms with E-state index in [1.165, 1.54) is 0 Å². The maximum absolute atomic E-state index is 12.4. The number of pyridine rings is 1. The Balaban J connectivity index is 1.39. The molecule has 2 N–H and O–H groups in total. The van der Waals surface area contributed by atoms with E-state index in [2.05, 4.69) is 20.3 Å². The quantitative estimate of drug-likeness (QED) is 0.423. The molecule has 0 aliphatic carbocycles. The first-order valence-corrected chi connectivity index (χ1v) is 9.64. The van der Waals surface area contributed by atoms with E-state index >= 15 is 0 Å². The normalized spacial score (nSPS) is 10.8. The zero-order chi connectivity index (χ0) is 20.3. The zero-order valence-electron chi connectivity index (χ0n) is 16.0. The standard InChI is InChI=1S/C25H18N4O/c30-25(19-6-2-1-3-7-19)27-20-13-14-22-23(16-20)29-24(28-22)18-11-9-17(10-12-18)21-8-4-5-15-26-21/h1-16H,(H,27,30)(H,28,29). The maximum atomic E-state index is 12.4. The largest absolute Gasteiger partial charge is 0.338 e. The van der Waals surface area contributed by atoms with Crippen LogP contribution in [0.3, 0.4) is 0 Å². The number of nitrogens with one attached hydrogen (secondary N) is 2. The third-order valence-electron chi connectivity index (χ3n) is 4.89. The lowest BCUT2D eigenvalue weighted by atomic mass is 10.1. The van der Waals surface area contributed by atoms with Crippen molar-refractivity contribution in [2.45, 2.75) is 0 Å². The predicted molar refractivity (Wildman–Crippen MR) is 119 cm³/mol. The van der Waals surface area contributed by atoms with Crippen LogP contribution < -0.4 is 5.32 Å². The summed E-state index contributed by atoms with van der Waals surface area (Å²) in [6.07, 6.45) is 1.79. The second kappa shape index (κ2) is 7.64. The molecule has 0 fully saturated rings. The molecule has 0 radical (unpaired) electrons. The van der Waals surface area contributed by atoms with Crippen molar-refractivity contribution in [1.82, 2.24) is 15.0 Å². The van der Waals surface area contributed by atoms with Crippen molar-refractivity contribution in [2.75, 3.05) is 5.32 Å². The van der Waals surface area contributed by atoms with Gasteiger partial charge in [0, 0.05) is 28.6 Å². The lowest BCUT2D eigenvalue weighted by Crippen LogP contribution is -2.11. The Bertz CT molecular complexity index is 1310. The Morgan fingerprint density at radius 1 is 0.800 bits per heavy atom. The number of aromatic nitrogens is 3. The van der Waals surface area contributed by atoms with Gasteiger partial charge in [0.15, 0.2) is 0 Å². The third-order valence-corrected chi connectivity index (χ3v) is 4.89. The summed E-state index contributed by atoms with van der Waals surface area (Å²) in [5.41, 5.74) is 6.03. The molecule has 2 aromatic heterocycles. The Hall–Kier alpha value is -4.25. The number of aromatic amines is 1. The number of benzene rings is 3. The molecular formula is C25H18N4O. The number of carbonyl (C=O) groups excluding carboxylic acids is 1. The summed E-state index contributed by atoms with van der Waals surface area (Å²) in [6.45, 7) is 0. The van der Waals surface area contributed by atoms with Crippen molar-refractivity contribution < 1.29 is 4.79 Å². The molecule has 0 saturated carbocycles. The lowest BCUT2D eigenvalue weighted by Gasteiger charge is -2.04. The minimum absolute atomic E-state index is 0.139. The third kappa shape index (κ3) is 3.56. The van der Waals surface area contributed by atoms with Gasteiger partial charge in [-0.15, -0.1) is 0 Å². The fraction of sp³-hybridized carbons (Fsp3) is 0. The van der Waals surface area contributed by atoms with Crippen molar-refractivity contribution in [3.8, 4) is 22.6 Å². The van der Waals surface area contributed by atoms with Gasteiger partial charge in [0.2, 0.25) is 0 Å². The van der Waals surface area contributed by atoms with Gasteiger partial charge in [-0.05, 0) is 42.5 Å². The first-order chi connectivity index (χ1) is 14.8. The molecule has 0 unspecified atom stereocenters. The van der Waals surface area contributed by atoms with Crippen LogP contribution in [-0.2, 0) is 0 Å². The first-order valence-electron chi connectivity index (χ1n) is 9.64. The van der Waals surface area contributed by atoms with Gasteiger partial charge in [0.25, 0.3) is 5.91 Å². The van der Waals surface area contributed by atoms with E-state index in [9.17, 15) is 4.79 Å². The van der Waals surface area contributed by atoms with Crippen molar-refractivity contribution in [2.24, 2.45) is 0 Å². The van der Waals surface area contributed by atoms with Crippen molar-refractivity contribution in [3.05, 3.63) is 103 Å². The second-order valence-electron chi connectivity index (χ2n) is 6.93. The average molecular weight is 390 g/mol. The van der Waals surface area contributed by atoms with Gasteiger partial charge >= 0.3 is 0 Å². The SMILES string of the molecule is O=C(Nc1ccc2nc(-c3ccc(-c4ccccn4)cc3)[nH]c2c1)c1ccccc1. The van der Waals surface area contributed by atoms with Gasteiger partial charge in [-0.2, -0.15) is 0 Å². The van der Waals surface area contributed by atoms with E-state index in [1.807, 2.05) is 78.9 Å². The van der Waals surface area contributed by atoms with Crippen LogP contribution in [-0.4, -0.2) is 20.9 Å². The predicted octanol–water partition coefficient (Wildman–Crippen LogP) is 5.54. The molecule has 0 atom stereocenters. The highest BCUT2D eigenvalue weighted by Crippen LogP contribution is 2.25. The molecule has 5 heteroatoms. The fourth-order valence-electron chi connectivity index (χ4n) is 3.35.